The number of aromatic nitrogens is 1. The van der Waals surface area contributed by atoms with Gasteiger partial charge in [0.05, 0.1) is 5.69 Å². The van der Waals surface area contributed by atoms with Gasteiger partial charge in [0.2, 0.25) is 5.89 Å². The lowest BCUT2D eigenvalue weighted by Crippen LogP contribution is -2.34. The minimum Gasteiger partial charge on any atom is -0.444 e. The highest BCUT2D eigenvalue weighted by atomic mass is 32.1. The Morgan fingerprint density at radius 1 is 1.23 bits per heavy atom. The third-order valence-corrected chi connectivity index (χ3v) is 4.52. The number of hydrogen-bond acceptors (Lipinski definition) is 5. The molecule has 1 unspecified atom stereocenters. The average molecular weight is 314 g/mol. The summed E-state index contributed by atoms with van der Waals surface area (Å²) >= 11 is 1.55. The van der Waals surface area contributed by atoms with Gasteiger partial charge in [-0.05, 0) is 30.5 Å². The Morgan fingerprint density at radius 3 is 2.77 bits per heavy atom. The van der Waals surface area contributed by atoms with Crippen LogP contribution in [0.25, 0.3) is 11.5 Å². The van der Waals surface area contributed by atoms with Crippen molar-refractivity contribution >= 4 is 11.3 Å². The molecule has 2 N–H and O–H groups in total. The minimum atomic E-state index is -0.875. The first-order valence-electron chi connectivity index (χ1n) is 7.12. The molecule has 0 aliphatic carbocycles. The van der Waals surface area contributed by atoms with Gasteiger partial charge in [0.15, 0.2) is 0 Å². The summed E-state index contributed by atoms with van der Waals surface area (Å²) in [6, 6.07) is 13.7. The molecule has 4 nitrogen and oxygen atoms in total. The van der Waals surface area contributed by atoms with Gasteiger partial charge in [0.1, 0.15) is 11.9 Å². The van der Waals surface area contributed by atoms with E-state index >= 15 is 0 Å². The lowest BCUT2D eigenvalue weighted by Gasteiger charge is -2.22. The Kier molecular flexibility index (Phi) is 4.38. The Labute approximate surface area is 133 Å². The van der Waals surface area contributed by atoms with Crippen molar-refractivity contribution in [2.24, 2.45) is 0 Å². The van der Waals surface area contributed by atoms with Crippen molar-refractivity contribution in [1.82, 2.24) is 10.3 Å². The second kappa shape index (κ2) is 6.44. The summed E-state index contributed by atoms with van der Waals surface area (Å²) in [6.07, 6.45) is 1.65. The summed E-state index contributed by atoms with van der Waals surface area (Å²) in [4.78, 5) is 5.40. The number of thiophene rings is 1. The molecule has 1 aromatic carbocycles. The molecule has 3 aromatic rings. The standard InChI is InChI=1S/C17H18N2O2S/c1-17(20,15-8-5-9-22-15)12-18-10-14-11-21-16(19-14)13-6-3-2-4-7-13/h2-9,11,18,20H,10,12H2,1H3. The molecule has 0 saturated heterocycles. The number of benzene rings is 1. The smallest absolute Gasteiger partial charge is 0.226 e. The fraction of sp³-hybridized carbons (Fsp3) is 0.235. The summed E-state index contributed by atoms with van der Waals surface area (Å²) in [5.41, 5.74) is 0.903. The first-order valence-corrected chi connectivity index (χ1v) is 8.00. The van der Waals surface area contributed by atoms with Crippen LogP contribution in [-0.2, 0) is 12.1 Å². The molecule has 22 heavy (non-hydrogen) atoms. The van der Waals surface area contributed by atoms with Crippen LogP contribution in [0.5, 0.6) is 0 Å². The zero-order chi connectivity index (χ0) is 15.4. The lowest BCUT2D eigenvalue weighted by atomic mass is 10.1. The molecule has 5 heteroatoms. The maximum absolute atomic E-state index is 10.4. The first kappa shape index (κ1) is 15.0. The molecule has 2 aromatic heterocycles. The summed E-state index contributed by atoms with van der Waals surface area (Å²) in [5.74, 6) is 0.613. The maximum atomic E-state index is 10.4. The molecule has 0 saturated carbocycles. The molecular weight excluding hydrogens is 296 g/mol. The highest BCUT2D eigenvalue weighted by molar-refractivity contribution is 7.10. The quantitative estimate of drug-likeness (QED) is 0.732. The molecule has 1 atom stereocenters. The topological polar surface area (TPSA) is 58.3 Å². The van der Waals surface area contributed by atoms with Gasteiger partial charge in [-0.25, -0.2) is 4.98 Å². The highest BCUT2D eigenvalue weighted by Gasteiger charge is 2.23. The molecule has 0 radical (unpaired) electrons. The van der Waals surface area contributed by atoms with E-state index in [1.165, 1.54) is 0 Å². The fourth-order valence-corrected chi connectivity index (χ4v) is 2.99. The molecule has 0 amide bonds. The van der Waals surface area contributed by atoms with E-state index in [1.807, 2.05) is 54.8 Å². The van der Waals surface area contributed by atoms with E-state index in [9.17, 15) is 5.11 Å². The van der Waals surface area contributed by atoms with Crippen LogP contribution in [0.1, 0.15) is 17.5 Å². The molecule has 0 aliphatic rings. The van der Waals surface area contributed by atoms with Gasteiger partial charge in [0.25, 0.3) is 0 Å². The van der Waals surface area contributed by atoms with E-state index in [4.69, 9.17) is 4.42 Å². The van der Waals surface area contributed by atoms with E-state index in [0.29, 0.717) is 19.0 Å². The maximum Gasteiger partial charge on any atom is 0.226 e. The normalized spacial score (nSPS) is 13.9. The van der Waals surface area contributed by atoms with Crippen LogP contribution in [0.15, 0.2) is 58.5 Å². The van der Waals surface area contributed by atoms with Crippen molar-refractivity contribution in [1.29, 1.82) is 0 Å². The van der Waals surface area contributed by atoms with Gasteiger partial charge >= 0.3 is 0 Å². The number of rotatable bonds is 6. The van der Waals surface area contributed by atoms with Crippen LogP contribution >= 0.6 is 11.3 Å². The molecule has 3 rings (SSSR count). The number of nitrogens with one attached hydrogen (secondary N) is 1. The summed E-state index contributed by atoms with van der Waals surface area (Å²) < 4.78 is 5.49. The van der Waals surface area contributed by atoms with Crippen LogP contribution in [0.3, 0.4) is 0 Å². The molecule has 114 valence electrons. The SMILES string of the molecule is CC(O)(CNCc1coc(-c2ccccc2)n1)c1cccs1. The van der Waals surface area contributed by atoms with Gasteiger partial charge in [-0.15, -0.1) is 11.3 Å². The van der Waals surface area contributed by atoms with Crippen LogP contribution < -0.4 is 5.32 Å². The first-order chi connectivity index (χ1) is 10.6. The Morgan fingerprint density at radius 2 is 2.05 bits per heavy atom. The van der Waals surface area contributed by atoms with E-state index in [0.717, 1.165) is 16.1 Å². The average Bonchev–Trinajstić information content (AvgIpc) is 3.20. The monoisotopic (exact) mass is 314 g/mol. The van der Waals surface area contributed by atoms with E-state index in [-0.39, 0.29) is 0 Å². The molecule has 0 spiro atoms. The zero-order valence-corrected chi connectivity index (χ0v) is 13.1. The number of aliphatic hydroxyl groups is 1. The molecule has 2 heterocycles. The van der Waals surface area contributed by atoms with Gasteiger partial charge in [-0.3, -0.25) is 0 Å². The van der Waals surface area contributed by atoms with Crippen molar-refractivity contribution in [2.45, 2.75) is 19.1 Å². The summed E-state index contributed by atoms with van der Waals surface area (Å²) in [5, 5.41) is 15.6. The van der Waals surface area contributed by atoms with Crippen LogP contribution in [0, 0.1) is 0 Å². The molecule has 0 aliphatic heterocycles. The predicted molar refractivity (Wildman–Crippen MR) is 87.5 cm³/mol. The lowest BCUT2D eigenvalue weighted by molar-refractivity contribution is 0.0603. The Bertz CT molecular complexity index is 705. The Balaban J connectivity index is 1.58. The van der Waals surface area contributed by atoms with Gasteiger partial charge in [-0.2, -0.15) is 0 Å². The summed E-state index contributed by atoms with van der Waals surface area (Å²) in [6.45, 7) is 2.82. The minimum absolute atomic E-state index is 0.459. The van der Waals surface area contributed by atoms with Crippen molar-refractivity contribution in [3.05, 3.63) is 64.7 Å². The largest absolute Gasteiger partial charge is 0.444 e. The molecular formula is C17H18N2O2S. The van der Waals surface area contributed by atoms with E-state index < -0.39 is 5.60 Å². The van der Waals surface area contributed by atoms with Crippen molar-refractivity contribution < 1.29 is 9.52 Å². The second-order valence-electron chi connectivity index (χ2n) is 5.36. The molecule has 0 fully saturated rings. The van der Waals surface area contributed by atoms with Crippen LogP contribution in [-0.4, -0.2) is 16.6 Å². The van der Waals surface area contributed by atoms with Crippen LogP contribution in [0.4, 0.5) is 0 Å². The predicted octanol–water partition coefficient (Wildman–Crippen LogP) is 3.40. The van der Waals surface area contributed by atoms with Crippen molar-refractivity contribution in [3.8, 4) is 11.5 Å². The second-order valence-corrected chi connectivity index (χ2v) is 6.31. The van der Waals surface area contributed by atoms with Crippen LogP contribution in [0.2, 0.25) is 0 Å². The fourth-order valence-electron chi connectivity index (χ4n) is 2.21. The third-order valence-electron chi connectivity index (χ3n) is 3.40. The van der Waals surface area contributed by atoms with E-state index in [1.54, 1.807) is 17.6 Å². The number of hydrogen-bond donors (Lipinski definition) is 2. The third kappa shape index (κ3) is 3.44. The van der Waals surface area contributed by atoms with Gasteiger partial charge in [-0.1, -0.05) is 24.3 Å². The summed E-state index contributed by atoms with van der Waals surface area (Å²) in [7, 11) is 0. The number of nitrogens with zero attached hydrogens (tertiary/aromatic N) is 1. The highest BCUT2D eigenvalue weighted by Crippen LogP contribution is 2.24. The van der Waals surface area contributed by atoms with Crippen molar-refractivity contribution in [3.63, 3.8) is 0 Å². The van der Waals surface area contributed by atoms with E-state index in [2.05, 4.69) is 10.3 Å². The van der Waals surface area contributed by atoms with Gasteiger partial charge in [0, 0.05) is 23.5 Å². The number of oxazole rings is 1. The zero-order valence-electron chi connectivity index (χ0n) is 12.3. The Hall–Kier alpha value is -1.95. The molecule has 0 bridgehead atoms. The van der Waals surface area contributed by atoms with Gasteiger partial charge < -0.3 is 14.8 Å². The van der Waals surface area contributed by atoms with Crippen molar-refractivity contribution in [2.75, 3.05) is 6.54 Å².